The summed E-state index contributed by atoms with van der Waals surface area (Å²) >= 11 is 11.7. The molecule has 0 bridgehead atoms. The zero-order valence-electron chi connectivity index (χ0n) is 15.4. The third-order valence-corrected chi connectivity index (χ3v) is 4.59. The van der Waals surface area contributed by atoms with Gasteiger partial charge in [0.25, 0.3) is 0 Å². The zero-order valence-corrected chi connectivity index (χ0v) is 17.0. The molecule has 1 aromatic heterocycles. The normalized spacial score (nSPS) is 10.1. The Morgan fingerprint density at radius 3 is 2.15 bits per heavy atom. The molecule has 0 N–H and O–H groups in total. The first-order valence-corrected chi connectivity index (χ1v) is 9.08. The van der Waals surface area contributed by atoms with E-state index in [2.05, 4.69) is 0 Å². The van der Waals surface area contributed by atoms with Crippen LogP contribution in [-0.2, 0) is 13.6 Å². The maximum absolute atomic E-state index is 12.0. The second-order valence-electron chi connectivity index (χ2n) is 6.23. The zero-order chi connectivity index (χ0) is 20.0. The van der Waals surface area contributed by atoms with Gasteiger partial charge in [-0.2, -0.15) is 0 Å². The van der Waals surface area contributed by atoms with Crippen LogP contribution in [0.3, 0.4) is 0 Å². The molecule has 3 rings (SSSR count). The van der Waals surface area contributed by atoms with Crippen LogP contribution in [0.1, 0.15) is 33.2 Å². The first-order chi connectivity index (χ1) is 12.8. The van der Waals surface area contributed by atoms with E-state index in [0.717, 1.165) is 5.56 Å². The maximum atomic E-state index is 12.0. The van der Waals surface area contributed by atoms with Gasteiger partial charge < -0.3 is 0 Å². The number of aryl methyl sites for hydroxylation is 2. The van der Waals surface area contributed by atoms with E-state index in [1.807, 2.05) is 66.1 Å². The van der Waals surface area contributed by atoms with E-state index in [-0.39, 0.29) is 11.6 Å². The molecular formula is C21H21Cl2N2O2+. The second kappa shape index (κ2) is 9.49. The molecule has 0 saturated carbocycles. The van der Waals surface area contributed by atoms with Crippen molar-refractivity contribution in [2.75, 3.05) is 0 Å². The largest absolute Gasteiger partial charge is 0.295 e. The Bertz CT molecular complexity index is 947. The van der Waals surface area contributed by atoms with Crippen molar-refractivity contribution in [2.45, 2.75) is 20.4 Å². The predicted molar refractivity (Wildman–Crippen MR) is 108 cm³/mol. The van der Waals surface area contributed by atoms with Gasteiger partial charge in [0.1, 0.15) is 12.4 Å². The van der Waals surface area contributed by atoms with Gasteiger partial charge in [-0.25, -0.2) is 9.13 Å². The standard InChI is InChI=1S/C12H11Cl2N2O.C9H10O/c1-15-4-5-16(8-15)7-12(17)9-2-3-10(13)11(14)6-9;1-7-3-5-9(6-4-7)8(2)10/h2-6,8H,7H2,1H3;3-6H,1-2H3/q+1;. The Kier molecular flexibility index (Phi) is 7.34. The fraction of sp³-hybridized carbons (Fsp3) is 0.190. The molecule has 1 heterocycles. The Balaban J connectivity index is 0.000000223. The number of carbonyl (C=O) groups is 2. The van der Waals surface area contributed by atoms with Crippen molar-refractivity contribution in [1.29, 1.82) is 0 Å². The Morgan fingerprint density at radius 1 is 1.00 bits per heavy atom. The molecule has 0 aliphatic carbocycles. The minimum atomic E-state index is -0.000216. The lowest BCUT2D eigenvalue weighted by molar-refractivity contribution is -0.671. The summed E-state index contributed by atoms with van der Waals surface area (Å²) in [4.78, 5) is 22.7. The van der Waals surface area contributed by atoms with Crippen LogP contribution in [0.4, 0.5) is 0 Å². The van der Waals surface area contributed by atoms with E-state index in [1.165, 1.54) is 5.56 Å². The summed E-state index contributed by atoms with van der Waals surface area (Å²) in [5.74, 6) is 0.125. The van der Waals surface area contributed by atoms with Crippen molar-refractivity contribution >= 4 is 34.8 Å². The summed E-state index contributed by atoms with van der Waals surface area (Å²) in [7, 11) is 1.90. The number of hydrogen-bond acceptors (Lipinski definition) is 2. The number of nitrogens with zero attached hydrogens (tertiary/aromatic N) is 2. The molecule has 0 saturated heterocycles. The molecule has 0 unspecified atom stereocenters. The number of Topliss-reactive ketones (excluding diaryl/α,β-unsaturated/α-hetero) is 2. The fourth-order valence-corrected chi connectivity index (χ4v) is 2.61. The molecular weight excluding hydrogens is 383 g/mol. The molecule has 27 heavy (non-hydrogen) atoms. The number of benzene rings is 2. The minimum absolute atomic E-state index is 0.000216. The van der Waals surface area contributed by atoms with Crippen LogP contribution in [0.2, 0.25) is 10.0 Å². The number of hydrogen-bond donors (Lipinski definition) is 0. The van der Waals surface area contributed by atoms with E-state index >= 15 is 0 Å². The highest BCUT2D eigenvalue weighted by molar-refractivity contribution is 6.42. The Labute approximate surface area is 169 Å². The highest BCUT2D eigenvalue weighted by Crippen LogP contribution is 2.22. The average molecular weight is 404 g/mol. The second-order valence-corrected chi connectivity index (χ2v) is 7.04. The average Bonchev–Trinajstić information content (AvgIpc) is 3.03. The van der Waals surface area contributed by atoms with Gasteiger partial charge in [-0.3, -0.25) is 9.59 Å². The molecule has 2 aromatic carbocycles. The van der Waals surface area contributed by atoms with Gasteiger partial charge in [0.15, 0.2) is 12.3 Å². The van der Waals surface area contributed by atoms with Gasteiger partial charge in [0.2, 0.25) is 12.1 Å². The molecule has 140 valence electrons. The number of rotatable bonds is 4. The third kappa shape index (κ3) is 6.35. The summed E-state index contributed by atoms with van der Waals surface area (Å²) in [5, 5.41) is 0.853. The van der Waals surface area contributed by atoms with E-state index in [4.69, 9.17) is 23.2 Å². The molecule has 0 amide bonds. The van der Waals surface area contributed by atoms with Crippen LogP contribution in [-0.4, -0.2) is 16.1 Å². The van der Waals surface area contributed by atoms with Crippen LogP contribution >= 0.6 is 23.2 Å². The maximum Gasteiger partial charge on any atom is 0.243 e. The van der Waals surface area contributed by atoms with Crippen LogP contribution < -0.4 is 4.57 Å². The Hall–Kier alpha value is -2.43. The monoisotopic (exact) mass is 403 g/mol. The third-order valence-electron chi connectivity index (χ3n) is 3.85. The van der Waals surface area contributed by atoms with Gasteiger partial charge >= 0.3 is 0 Å². The van der Waals surface area contributed by atoms with Crippen molar-refractivity contribution in [3.63, 3.8) is 0 Å². The lowest BCUT2D eigenvalue weighted by Crippen LogP contribution is -2.24. The number of carbonyl (C=O) groups excluding carboxylic acids is 2. The van der Waals surface area contributed by atoms with Crippen molar-refractivity contribution < 1.29 is 14.2 Å². The quantitative estimate of drug-likeness (QED) is 0.467. The summed E-state index contributed by atoms with van der Waals surface area (Å²) < 4.78 is 3.69. The first-order valence-electron chi connectivity index (χ1n) is 8.33. The summed E-state index contributed by atoms with van der Waals surface area (Å²) in [6, 6.07) is 12.5. The van der Waals surface area contributed by atoms with E-state index in [0.29, 0.717) is 22.2 Å². The summed E-state index contributed by atoms with van der Waals surface area (Å²) in [6.07, 6.45) is 5.56. The van der Waals surface area contributed by atoms with Gasteiger partial charge in [-0.1, -0.05) is 53.0 Å². The van der Waals surface area contributed by atoms with E-state index in [9.17, 15) is 9.59 Å². The van der Waals surface area contributed by atoms with Crippen molar-refractivity contribution in [2.24, 2.45) is 7.05 Å². The fourth-order valence-electron chi connectivity index (χ4n) is 2.31. The van der Waals surface area contributed by atoms with Crippen LogP contribution in [0.15, 0.2) is 61.2 Å². The van der Waals surface area contributed by atoms with E-state index < -0.39 is 0 Å². The number of ketones is 2. The first kappa shape index (κ1) is 20.9. The molecule has 0 fully saturated rings. The minimum Gasteiger partial charge on any atom is -0.295 e. The number of imidazole rings is 1. The summed E-state index contributed by atoms with van der Waals surface area (Å²) in [5.41, 5.74) is 2.53. The number of halogens is 2. The Morgan fingerprint density at radius 2 is 1.63 bits per heavy atom. The van der Waals surface area contributed by atoms with Crippen LogP contribution in [0.5, 0.6) is 0 Å². The van der Waals surface area contributed by atoms with Crippen molar-refractivity contribution in [3.05, 3.63) is 87.9 Å². The van der Waals surface area contributed by atoms with E-state index in [1.54, 1.807) is 25.1 Å². The SMILES string of the molecule is CC(=O)c1ccc(C)cc1.C[n+]1ccn(CC(=O)c2ccc(Cl)c(Cl)c2)c1. The topological polar surface area (TPSA) is 43.0 Å². The molecule has 0 aliphatic heterocycles. The highest BCUT2D eigenvalue weighted by Gasteiger charge is 2.12. The predicted octanol–water partition coefficient (Wildman–Crippen LogP) is 4.70. The van der Waals surface area contributed by atoms with Crippen molar-refractivity contribution in [1.82, 2.24) is 4.57 Å². The molecule has 0 spiro atoms. The molecule has 6 heteroatoms. The molecule has 0 aliphatic rings. The van der Waals surface area contributed by atoms with Gasteiger partial charge in [-0.15, -0.1) is 0 Å². The van der Waals surface area contributed by atoms with Gasteiger partial charge in [-0.05, 0) is 32.0 Å². The van der Waals surface area contributed by atoms with Crippen LogP contribution in [0, 0.1) is 6.92 Å². The molecule has 3 aromatic rings. The van der Waals surface area contributed by atoms with Gasteiger partial charge in [0, 0.05) is 11.1 Å². The van der Waals surface area contributed by atoms with Gasteiger partial charge in [0.05, 0.1) is 17.1 Å². The molecule has 4 nitrogen and oxygen atoms in total. The lowest BCUT2D eigenvalue weighted by Gasteiger charge is -2.00. The van der Waals surface area contributed by atoms with Crippen LogP contribution in [0.25, 0.3) is 0 Å². The number of aromatic nitrogens is 2. The lowest BCUT2D eigenvalue weighted by atomic mass is 10.1. The molecule has 0 radical (unpaired) electrons. The molecule has 0 atom stereocenters. The highest BCUT2D eigenvalue weighted by atomic mass is 35.5. The smallest absolute Gasteiger partial charge is 0.243 e. The summed E-state index contributed by atoms with van der Waals surface area (Å²) in [6.45, 7) is 3.87. The van der Waals surface area contributed by atoms with Crippen molar-refractivity contribution in [3.8, 4) is 0 Å².